The molecule has 18 nitrogen and oxygen atoms in total. The monoisotopic (exact) mass is 799 g/mol. The zero-order chi connectivity index (χ0) is 40.3. The van der Waals surface area contributed by atoms with Crippen molar-refractivity contribution in [3.63, 3.8) is 0 Å². The fraction of sp³-hybridized carbons (Fsp3) is 0.289. The Kier molecular flexibility index (Phi) is 11.1. The van der Waals surface area contributed by atoms with Crippen LogP contribution in [0.1, 0.15) is 41.6 Å². The van der Waals surface area contributed by atoms with E-state index in [1.54, 1.807) is 12.1 Å². The van der Waals surface area contributed by atoms with Crippen LogP contribution in [-0.2, 0) is 19.6 Å². The lowest BCUT2D eigenvalue weighted by Gasteiger charge is -2.33. The van der Waals surface area contributed by atoms with Gasteiger partial charge < -0.3 is 30.1 Å². The predicted molar refractivity (Wildman–Crippen MR) is 209 cm³/mol. The second-order valence-corrected chi connectivity index (χ2v) is 15.0. The number of amides is 1. The normalized spacial score (nSPS) is 14.0. The Labute approximate surface area is 325 Å². The molecule has 1 saturated heterocycles. The number of carbonyl (C=O) groups excluding carboxylic acids is 2. The SMILES string of the molecule is O=C1c2ccccc2-c2onc3c(N4CCC(C(=O)NCCCOCCCNc5ccc([N+](=O)[O-])cc5[N+](=O)[O-])CC4)cc(Nc4ccc(S(=O)(=O)O)cc4)c1c23. The van der Waals surface area contributed by atoms with Crippen molar-refractivity contribution in [1.29, 1.82) is 0 Å². The van der Waals surface area contributed by atoms with Gasteiger partial charge in [-0.05, 0) is 62.1 Å². The van der Waals surface area contributed by atoms with Crippen LogP contribution in [0.15, 0.2) is 82.2 Å². The zero-order valence-electron chi connectivity index (χ0n) is 30.3. The van der Waals surface area contributed by atoms with E-state index in [9.17, 15) is 42.8 Å². The summed E-state index contributed by atoms with van der Waals surface area (Å²) in [5, 5.41) is 36.4. The van der Waals surface area contributed by atoms with Gasteiger partial charge in [0.25, 0.3) is 21.5 Å². The van der Waals surface area contributed by atoms with Gasteiger partial charge in [0.15, 0.2) is 11.5 Å². The average molecular weight is 800 g/mol. The molecule has 19 heteroatoms. The summed E-state index contributed by atoms with van der Waals surface area (Å²) in [6, 6.07) is 17.9. The number of piperidine rings is 1. The third-order valence-corrected chi connectivity index (χ3v) is 10.8. The molecule has 1 aromatic heterocycles. The number of benzene rings is 4. The maximum atomic E-state index is 14.0. The number of hydrogen-bond donors (Lipinski definition) is 4. The van der Waals surface area contributed by atoms with Gasteiger partial charge in [-0.2, -0.15) is 8.42 Å². The summed E-state index contributed by atoms with van der Waals surface area (Å²) < 4.78 is 44.2. The third kappa shape index (κ3) is 8.25. The molecule has 0 atom stereocenters. The molecular weight excluding hydrogens is 763 g/mol. The molecule has 2 heterocycles. The molecule has 0 bridgehead atoms. The molecule has 0 saturated carbocycles. The largest absolute Gasteiger partial charge is 0.381 e. The van der Waals surface area contributed by atoms with Crippen molar-refractivity contribution in [2.75, 3.05) is 54.9 Å². The number of nitro groups is 2. The lowest BCUT2D eigenvalue weighted by atomic mass is 9.86. The summed E-state index contributed by atoms with van der Waals surface area (Å²) in [4.78, 5) is 49.8. The van der Waals surface area contributed by atoms with Crippen LogP contribution in [0.5, 0.6) is 0 Å². The molecule has 2 aliphatic rings. The Morgan fingerprint density at radius 1 is 0.930 bits per heavy atom. The first-order valence-electron chi connectivity index (χ1n) is 18.1. The van der Waals surface area contributed by atoms with Crippen molar-refractivity contribution in [1.82, 2.24) is 10.5 Å². The van der Waals surface area contributed by atoms with E-state index in [1.165, 1.54) is 36.4 Å². The minimum absolute atomic E-state index is 0.0555. The topological polar surface area (TPSA) is 249 Å². The number of nitrogens with zero attached hydrogens (tertiary/aromatic N) is 4. The molecule has 1 amide bonds. The number of carbonyl (C=O) groups is 2. The van der Waals surface area contributed by atoms with Gasteiger partial charge in [0.1, 0.15) is 11.2 Å². The molecule has 1 aliphatic heterocycles. The minimum Gasteiger partial charge on any atom is -0.381 e. The highest BCUT2D eigenvalue weighted by Gasteiger charge is 2.35. The van der Waals surface area contributed by atoms with Crippen LogP contribution in [0.2, 0.25) is 0 Å². The van der Waals surface area contributed by atoms with Crippen LogP contribution in [0, 0.1) is 26.1 Å². The number of non-ortho nitro benzene ring substituents is 1. The summed E-state index contributed by atoms with van der Waals surface area (Å²) in [7, 11) is -4.40. The Bertz CT molecular complexity index is 2480. The summed E-state index contributed by atoms with van der Waals surface area (Å²) >= 11 is 0. The van der Waals surface area contributed by atoms with Crippen LogP contribution in [-0.4, -0.2) is 79.1 Å². The molecule has 296 valence electrons. The highest BCUT2D eigenvalue weighted by atomic mass is 32.2. The summed E-state index contributed by atoms with van der Waals surface area (Å²) in [5.74, 6) is -0.0309. The van der Waals surface area contributed by atoms with Crippen molar-refractivity contribution < 1.29 is 41.7 Å². The molecule has 5 aromatic rings. The Balaban J connectivity index is 0.932. The van der Waals surface area contributed by atoms with Crippen molar-refractivity contribution in [3.05, 3.63) is 104 Å². The van der Waals surface area contributed by atoms with E-state index in [-0.39, 0.29) is 39.6 Å². The molecule has 0 unspecified atom stereocenters. The molecule has 4 N–H and O–H groups in total. The number of anilines is 4. The van der Waals surface area contributed by atoms with E-state index in [0.29, 0.717) is 115 Å². The van der Waals surface area contributed by atoms with Gasteiger partial charge in [-0.25, -0.2) is 0 Å². The summed E-state index contributed by atoms with van der Waals surface area (Å²) in [6.07, 6.45) is 2.26. The van der Waals surface area contributed by atoms with Gasteiger partial charge in [-0.1, -0.05) is 29.4 Å². The number of fused-ring (bicyclic) bond motifs is 2. The second-order valence-electron chi connectivity index (χ2n) is 13.6. The number of rotatable bonds is 16. The van der Waals surface area contributed by atoms with E-state index in [4.69, 9.17) is 9.26 Å². The van der Waals surface area contributed by atoms with Crippen LogP contribution in [0.4, 0.5) is 34.1 Å². The van der Waals surface area contributed by atoms with Crippen LogP contribution in [0.3, 0.4) is 0 Å². The smallest absolute Gasteiger partial charge is 0.299 e. The van der Waals surface area contributed by atoms with Gasteiger partial charge >= 0.3 is 0 Å². The van der Waals surface area contributed by atoms with Crippen LogP contribution < -0.4 is 20.9 Å². The number of nitrogens with one attached hydrogen (secondary N) is 3. The Hall–Kier alpha value is -6.44. The molecule has 1 aliphatic carbocycles. The summed E-state index contributed by atoms with van der Waals surface area (Å²) in [6.45, 7) is 2.62. The quantitative estimate of drug-likeness (QED) is 0.0374. The van der Waals surface area contributed by atoms with Gasteiger partial charge in [0.2, 0.25) is 5.91 Å². The molecule has 7 rings (SSSR count). The highest BCUT2D eigenvalue weighted by Crippen LogP contribution is 2.47. The Morgan fingerprint density at radius 2 is 1.63 bits per heavy atom. The van der Waals surface area contributed by atoms with Gasteiger partial charge in [0, 0.05) is 68.2 Å². The standard InChI is InChI=1S/C38H37N7O11S/c46-36-27-5-1-2-6-28(27)37-34-33(36)30(41-24-7-10-26(11-8-24)57(52,53)54)22-32(35(34)42-56-37)43-17-13-23(14-18-43)38(47)40-16-4-20-55-19-3-15-39-29-12-9-25(44(48)49)21-31(29)45(50)51/h1-2,5-12,21-23,39,41H,3-4,13-20H2,(H,40,47)(H,52,53,54). The number of ketones is 1. The fourth-order valence-electron chi connectivity index (χ4n) is 7.09. The number of hydrogen-bond acceptors (Lipinski definition) is 14. The van der Waals surface area contributed by atoms with Crippen molar-refractivity contribution in [3.8, 4) is 11.3 Å². The lowest BCUT2D eigenvalue weighted by molar-refractivity contribution is -0.393. The molecule has 57 heavy (non-hydrogen) atoms. The van der Waals surface area contributed by atoms with Crippen LogP contribution in [0.25, 0.3) is 22.2 Å². The second kappa shape index (κ2) is 16.3. The first kappa shape index (κ1) is 38.8. The Morgan fingerprint density at radius 3 is 2.32 bits per heavy atom. The first-order valence-corrected chi connectivity index (χ1v) is 19.6. The van der Waals surface area contributed by atoms with Crippen molar-refractivity contribution in [2.24, 2.45) is 5.92 Å². The number of aromatic nitrogens is 1. The van der Waals surface area contributed by atoms with E-state index in [0.717, 1.165) is 6.07 Å². The molecule has 4 aromatic carbocycles. The van der Waals surface area contributed by atoms with E-state index in [1.807, 2.05) is 18.2 Å². The van der Waals surface area contributed by atoms with E-state index in [2.05, 4.69) is 26.0 Å². The van der Waals surface area contributed by atoms with Gasteiger partial charge in [-0.3, -0.25) is 34.4 Å². The first-order chi connectivity index (χ1) is 27.4. The van der Waals surface area contributed by atoms with Crippen molar-refractivity contribution >= 4 is 66.8 Å². The fourth-order valence-corrected chi connectivity index (χ4v) is 7.57. The minimum atomic E-state index is -4.40. The van der Waals surface area contributed by atoms with E-state index >= 15 is 0 Å². The van der Waals surface area contributed by atoms with E-state index < -0.39 is 20.0 Å². The molecule has 0 radical (unpaired) electrons. The van der Waals surface area contributed by atoms with Gasteiger partial charge in [0.05, 0.1) is 43.1 Å². The summed E-state index contributed by atoms with van der Waals surface area (Å²) in [5.41, 5.74) is 3.09. The molecule has 0 spiro atoms. The highest BCUT2D eigenvalue weighted by molar-refractivity contribution is 7.85. The third-order valence-electron chi connectivity index (χ3n) is 9.95. The molecular formula is C38H37N7O11S. The maximum Gasteiger partial charge on any atom is 0.299 e. The van der Waals surface area contributed by atoms with Gasteiger partial charge in [-0.15, -0.1) is 0 Å². The van der Waals surface area contributed by atoms with Crippen LogP contribution >= 0.6 is 0 Å². The zero-order valence-corrected chi connectivity index (χ0v) is 31.1. The number of nitro benzene ring substituents is 2. The lowest BCUT2D eigenvalue weighted by Crippen LogP contribution is -2.41. The number of ether oxygens (including phenoxy) is 1. The van der Waals surface area contributed by atoms with Crippen molar-refractivity contribution in [2.45, 2.75) is 30.6 Å². The maximum absolute atomic E-state index is 14.0. The predicted octanol–water partition coefficient (Wildman–Crippen LogP) is 6.09. The average Bonchev–Trinajstić information content (AvgIpc) is 3.64. The molecule has 1 fully saturated rings.